The highest BCUT2D eigenvalue weighted by molar-refractivity contribution is 5.85. The smallest absolute Gasteiger partial charge is 0.0744 e. The van der Waals surface area contributed by atoms with E-state index in [4.69, 9.17) is 10.5 Å². The number of rotatable bonds is 5. The first-order valence-corrected chi connectivity index (χ1v) is 6.23. The summed E-state index contributed by atoms with van der Waals surface area (Å²) in [6.07, 6.45) is -0.00685. The molecule has 2 aromatic rings. The molecule has 0 bridgehead atoms. The van der Waals surface area contributed by atoms with Crippen molar-refractivity contribution in [3.63, 3.8) is 0 Å². The fourth-order valence-electron chi connectivity index (χ4n) is 1.85. The zero-order valence-electron chi connectivity index (χ0n) is 11.0. The molecule has 3 heteroatoms. The third-order valence-electron chi connectivity index (χ3n) is 3.05. The fraction of sp³-hybridized carbons (Fsp3) is 0.250. The second-order valence-corrected chi connectivity index (χ2v) is 4.44. The van der Waals surface area contributed by atoms with E-state index in [0.717, 1.165) is 5.56 Å². The van der Waals surface area contributed by atoms with Gasteiger partial charge in [0, 0.05) is 0 Å². The highest BCUT2D eigenvalue weighted by Gasteiger charge is 2.14. The van der Waals surface area contributed by atoms with E-state index in [9.17, 15) is 0 Å². The molecule has 0 saturated carbocycles. The lowest BCUT2D eigenvalue weighted by Gasteiger charge is -2.21. The molecule has 0 fully saturated rings. The van der Waals surface area contributed by atoms with Gasteiger partial charge in [-0.3, -0.25) is 0 Å². The van der Waals surface area contributed by atoms with Crippen LogP contribution in [0.1, 0.15) is 24.1 Å². The lowest BCUT2D eigenvalue weighted by atomic mass is 10.0. The van der Waals surface area contributed by atoms with Crippen molar-refractivity contribution < 1.29 is 4.74 Å². The van der Waals surface area contributed by atoms with Crippen LogP contribution in [0, 0.1) is 0 Å². The molecular formula is C16H20ClNO. The van der Waals surface area contributed by atoms with Crippen LogP contribution in [0.3, 0.4) is 0 Å². The maximum absolute atomic E-state index is 6.18. The number of hydrogen-bond donors (Lipinski definition) is 1. The first-order valence-electron chi connectivity index (χ1n) is 6.23. The van der Waals surface area contributed by atoms with E-state index in [0.29, 0.717) is 6.61 Å². The Balaban J connectivity index is 0.00000180. The lowest BCUT2D eigenvalue weighted by Crippen LogP contribution is -2.26. The van der Waals surface area contributed by atoms with Crippen LogP contribution in [0.25, 0.3) is 0 Å². The van der Waals surface area contributed by atoms with Crippen molar-refractivity contribution in [1.82, 2.24) is 0 Å². The Labute approximate surface area is 121 Å². The van der Waals surface area contributed by atoms with Crippen molar-refractivity contribution in [2.45, 2.75) is 25.7 Å². The minimum Gasteiger partial charge on any atom is -0.372 e. The number of benzene rings is 2. The molecule has 2 aromatic carbocycles. The van der Waals surface area contributed by atoms with Crippen molar-refractivity contribution >= 4 is 12.4 Å². The first-order chi connectivity index (χ1) is 8.77. The van der Waals surface area contributed by atoms with Gasteiger partial charge in [0.25, 0.3) is 0 Å². The Morgan fingerprint density at radius 3 is 2.05 bits per heavy atom. The highest BCUT2D eigenvalue weighted by atomic mass is 35.5. The van der Waals surface area contributed by atoms with E-state index in [1.54, 1.807) is 0 Å². The molecule has 0 aliphatic heterocycles. The van der Waals surface area contributed by atoms with Crippen LogP contribution in [0.4, 0.5) is 0 Å². The second-order valence-electron chi connectivity index (χ2n) is 4.44. The van der Waals surface area contributed by atoms with Gasteiger partial charge in [0.15, 0.2) is 0 Å². The molecule has 2 nitrogen and oxygen atoms in total. The summed E-state index contributed by atoms with van der Waals surface area (Å²) in [7, 11) is 0. The molecule has 2 rings (SSSR count). The predicted octanol–water partition coefficient (Wildman–Crippen LogP) is 3.71. The summed E-state index contributed by atoms with van der Waals surface area (Å²) in [5.41, 5.74) is 8.46. The summed E-state index contributed by atoms with van der Waals surface area (Å²) in [6, 6.07) is 20.1. The van der Waals surface area contributed by atoms with E-state index >= 15 is 0 Å². The van der Waals surface area contributed by atoms with E-state index in [1.165, 1.54) is 5.56 Å². The summed E-state index contributed by atoms with van der Waals surface area (Å²) >= 11 is 0. The number of ether oxygens (including phenoxy) is 1. The maximum atomic E-state index is 6.18. The zero-order chi connectivity index (χ0) is 12.8. The zero-order valence-corrected chi connectivity index (χ0v) is 11.8. The summed E-state index contributed by atoms with van der Waals surface area (Å²) in [5.74, 6) is 0. The van der Waals surface area contributed by atoms with Gasteiger partial charge in [-0.2, -0.15) is 0 Å². The van der Waals surface area contributed by atoms with Crippen LogP contribution in [-0.4, -0.2) is 6.10 Å². The van der Waals surface area contributed by atoms with Gasteiger partial charge in [0.2, 0.25) is 0 Å². The van der Waals surface area contributed by atoms with Crippen molar-refractivity contribution in [3.05, 3.63) is 71.8 Å². The molecule has 0 unspecified atom stereocenters. The minimum absolute atomic E-state index is 0. The average Bonchev–Trinajstić information content (AvgIpc) is 2.46. The average molecular weight is 278 g/mol. The predicted molar refractivity (Wildman–Crippen MR) is 81.3 cm³/mol. The van der Waals surface area contributed by atoms with Gasteiger partial charge in [-0.15, -0.1) is 12.4 Å². The van der Waals surface area contributed by atoms with E-state index in [-0.39, 0.29) is 24.6 Å². The Kier molecular flexibility index (Phi) is 6.57. The lowest BCUT2D eigenvalue weighted by molar-refractivity contribution is 0.0357. The Hall–Kier alpha value is -1.35. The standard InChI is InChI=1S/C16H19NO.ClH/c1-13(16(17)15-10-6-3-7-11-15)18-12-14-8-4-2-5-9-14;/h2-11,13,16H,12,17H2,1H3;1H/t13-,16+;/m0./s1. The van der Waals surface area contributed by atoms with Crippen LogP contribution in [-0.2, 0) is 11.3 Å². The molecule has 0 amide bonds. The quantitative estimate of drug-likeness (QED) is 0.904. The maximum Gasteiger partial charge on any atom is 0.0744 e. The molecule has 0 aliphatic carbocycles. The molecule has 0 aromatic heterocycles. The molecule has 0 radical (unpaired) electrons. The Morgan fingerprint density at radius 2 is 1.47 bits per heavy atom. The second kappa shape index (κ2) is 7.95. The van der Waals surface area contributed by atoms with E-state index in [2.05, 4.69) is 12.1 Å². The van der Waals surface area contributed by atoms with Gasteiger partial charge in [0.05, 0.1) is 18.8 Å². The summed E-state index contributed by atoms with van der Waals surface area (Å²) in [4.78, 5) is 0. The largest absolute Gasteiger partial charge is 0.372 e. The highest BCUT2D eigenvalue weighted by Crippen LogP contribution is 2.17. The van der Waals surface area contributed by atoms with Gasteiger partial charge in [-0.05, 0) is 18.1 Å². The Bertz CT molecular complexity index is 461. The molecule has 19 heavy (non-hydrogen) atoms. The first kappa shape index (κ1) is 15.7. The molecule has 0 aliphatic rings. The molecule has 102 valence electrons. The van der Waals surface area contributed by atoms with Crippen molar-refractivity contribution in [1.29, 1.82) is 0 Å². The van der Waals surface area contributed by atoms with Crippen LogP contribution in [0.2, 0.25) is 0 Å². The molecule has 0 heterocycles. The van der Waals surface area contributed by atoms with Gasteiger partial charge >= 0.3 is 0 Å². The third kappa shape index (κ3) is 4.67. The van der Waals surface area contributed by atoms with Crippen molar-refractivity contribution in [2.75, 3.05) is 0 Å². The minimum atomic E-state index is -0.0880. The van der Waals surface area contributed by atoms with E-state index in [1.807, 2.05) is 55.5 Å². The molecule has 0 spiro atoms. The monoisotopic (exact) mass is 277 g/mol. The van der Waals surface area contributed by atoms with Crippen LogP contribution in [0.15, 0.2) is 60.7 Å². The molecular weight excluding hydrogens is 258 g/mol. The van der Waals surface area contributed by atoms with Crippen LogP contribution in [0.5, 0.6) is 0 Å². The normalized spacial score (nSPS) is 13.4. The molecule has 2 N–H and O–H groups in total. The van der Waals surface area contributed by atoms with Gasteiger partial charge in [0.1, 0.15) is 0 Å². The van der Waals surface area contributed by atoms with Gasteiger partial charge < -0.3 is 10.5 Å². The van der Waals surface area contributed by atoms with Crippen molar-refractivity contribution in [3.8, 4) is 0 Å². The summed E-state index contributed by atoms with van der Waals surface area (Å²) in [6.45, 7) is 2.61. The van der Waals surface area contributed by atoms with Crippen LogP contribution >= 0.6 is 12.4 Å². The van der Waals surface area contributed by atoms with E-state index < -0.39 is 0 Å². The Morgan fingerprint density at radius 1 is 0.947 bits per heavy atom. The molecule has 2 atom stereocenters. The van der Waals surface area contributed by atoms with Crippen LogP contribution < -0.4 is 5.73 Å². The van der Waals surface area contributed by atoms with Crippen molar-refractivity contribution in [2.24, 2.45) is 5.73 Å². The fourth-order valence-corrected chi connectivity index (χ4v) is 1.85. The number of halogens is 1. The SMILES string of the molecule is C[C@H](OCc1ccccc1)[C@@H](N)c1ccccc1.Cl. The van der Waals surface area contributed by atoms with Gasteiger partial charge in [-0.1, -0.05) is 60.7 Å². The summed E-state index contributed by atoms with van der Waals surface area (Å²) in [5, 5.41) is 0. The number of hydrogen-bond acceptors (Lipinski definition) is 2. The third-order valence-corrected chi connectivity index (χ3v) is 3.05. The van der Waals surface area contributed by atoms with Gasteiger partial charge in [-0.25, -0.2) is 0 Å². The summed E-state index contributed by atoms with van der Waals surface area (Å²) < 4.78 is 5.82. The topological polar surface area (TPSA) is 35.2 Å². The number of nitrogens with two attached hydrogens (primary N) is 1. The molecule has 0 saturated heterocycles.